The van der Waals surface area contributed by atoms with E-state index in [-0.39, 0.29) is 41.2 Å². The summed E-state index contributed by atoms with van der Waals surface area (Å²) in [5.74, 6) is 0.385. The normalized spacial score (nSPS) is 37.5. The lowest BCUT2D eigenvalue weighted by Crippen LogP contribution is -2.40. The van der Waals surface area contributed by atoms with E-state index in [0.717, 1.165) is 11.4 Å². The zero-order chi connectivity index (χ0) is 17.3. The molecule has 5 aliphatic rings. The zero-order valence-corrected chi connectivity index (χ0v) is 13.2. The number of carbonyl (C=O) groups is 2. The van der Waals surface area contributed by atoms with Gasteiger partial charge in [0, 0.05) is 17.7 Å². The number of imide groups is 1. The van der Waals surface area contributed by atoms with E-state index in [0.29, 0.717) is 17.4 Å². The topological polar surface area (TPSA) is 92.9 Å². The Bertz CT molecular complexity index is 841. The summed E-state index contributed by atoms with van der Waals surface area (Å²) in [6, 6.07) is 5.94. The number of hydrogen-bond acceptors (Lipinski definition) is 5. The fourth-order valence-electron chi connectivity index (χ4n) is 4.90. The molecule has 3 fully saturated rings. The van der Waals surface area contributed by atoms with Crippen LogP contribution < -0.4 is 0 Å². The van der Waals surface area contributed by atoms with Gasteiger partial charge in [0.15, 0.2) is 0 Å². The average Bonchev–Trinajstić information content (AvgIpc) is 3.39. The van der Waals surface area contributed by atoms with Gasteiger partial charge in [0.25, 0.3) is 17.5 Å². The van der Waals surface area contributed by atoms with Crippen molar-refractivity contribution < 1.29 is 14.5 Å². The lowest BCUT2D eigenvalue weighted by molar-refractivity contribution is -0.384. The van der Waals surface area contributed by atoms with Crippen LogP contribution in [-0.4, -0.2) is 28.0 Å². The molecule has 7 nitrogen and oxygen atoms in total. The molecule has 0 aromatic heterocycles. The van der Waals surface area contributed by atoms with Crippen molar-refractivity contribution in [2.24, 2.45) is 40.6 Å². The molecule has 2 amide bonds. The number of nitro benzene ring substituents is 1. The second-order valence-corrected chi connectivity index (χ2v) is 7.24. The zero-order valence-electron chi connectivity index (χ0n) is 13.2. The highest BCUT2D eigenvalue weighted by atomic mass is 16.6. The van der Waals surface area contributed by atoms with Gasteiger partial charge in [-0.2, -0.15) is 10.1 Å². The Kier molecular flexibility index (Phi) is 2.81. The highest BCUT2D eigenvalue weighted by Gasteiger charge is 2.67. The molecule has 0 unspecified atom stereocenters. The SMILES string of the molecule is O=C1[C@@H]2[C@H]3C=C[C@@H]([C@@H]4C[C@@H]34)[C@H]2C(=O)N1N=Cc1cccc([N+](=O)[O-])c1. The Morgan fingerprint density at radius 2 is 1.76 bits per heavy atom. The summed E-state index contributed by atoms with van der Waals surface area (Å²) >= 11 is 0. The maximum absolute atomic E-state index is 12.7. The number of benzene rings is 1. The molecule has 25 heavy (non-hydrogen) atoms. The van der Waals surface area contributed by atoms with Gasteiger partial charge < -0.3 is 0 Å². The lowest BCUT2D eigenvalue weighted by Gasteiger charge is -2.37. The number of amides is 2. The molecule has 0 radical (unpaired) electrons. The van der Waals surface area contributed by atoms with Crippen LogP contribution >= 0.6 is 0 Å². The van der Waals surface area contributed by atoms with Crippen molar-refractivity contribution in [2.45, 2.75) is 6.42 Å². The summed E-state index contributed by atoms with van der Waals surface area (Å²) < 4.78 is 0. The summed E-state index contributed by atoms with van der Waals surface area (Å²) in [6.07, 6.45) is 6.68. The molecular formula is C18H15N3O4. The van der Waals surface area contributed by atoms with Gasteiger partial charge in [-0.25, -0.2) is 0 Å². The maximum Gasteiger partial charge on any atom is 0.270 e. The van der Waals surface area contributed by atoms with Crippen molar-refractivity contribution in [1.29, 1.82) is 0 Å². The molecule has 2 bridgehead atoms. The van der Waals surface area contributed by atoms with Crippen LogP contribution in [0.15, 0.2) is 41.5 Å². The third kappa shape index (κ3) is 1.95. The highest BCUT2D eigenvalue weighted by molar-refractivity contribution is 6.06. The van der Waals surface area contributed by atoms with Gasteiger partial charge in [0.1, 0.15) is 0 Å². The van der Waals surface area contributed by atoms with E-state index < -0.39 is 4.92 Å². The van der Waals surface area contributed by atoms with Gasteiger partial charge >= 0.3 is 0 Å². The summed E-state index contributed by atoms with van der Waals surface area (Å²) in [7, 11) is 0. The molecule has 1 aliphatic heterocycles. The van der Waals surface area contributed by atoms with Crippen LogP contribution in [0.4, 0.5) is 5.69 Å². The van der Waals surface area contributed by atoms with Crippen LogP contribution in [0.1, 0.15) is 12.0 Å². The smallest absolute Gasteiger partial charge is 0.270 e. The van der Waals surface area contributed by atoms with Gasteiger partial charge in [0.2, 0.25) is 0 Å². The first-order valence-corrected chi connectivity index (χ1v) is 8.41. The molecule has 4 aliphatic carbocycles. The number of hydrazone groups is 1. The van der Waals surface area contributed by atoms with Crippen LogP contribution in [0.2, 0.25) is 0 Å². The van der Waals surface area contributed by atoms with E-state index in [1.165, 1.54) is 18.3 Å². The molecule has 7 heteroatoms. The van der Waals surface area contributed by atoms with Crippen LogP contribution in [0.3, 0.4) is 0 Å². The van der Waals surface area contributed by atoms with Gasteiger partial charge in [-0.15, -0.1) is 0 Å². The Morgan fingerprint density at radius 1 is 1.12 bits per heavy atom. The molecule has 1 aromatic rings. The third-order valence-electron chi connectivity index (χ3n) is 6.04. The number of allylic oxidation sites excluding steroid dienone is 2. The minimum atomic E-state index is -0.492. The second-order valence-electron chi connectivity index (χ2n) is 7.24. The quantitative estimate of drug-likeness (QED) is 0.277. The van der Waals surface area contributed by atoms with Crippen molar-refractivity contribution in [1.82, 2.24) is 5.01 Å². The lowest BCUT2D eigenvalue weighted by atomic mass is 9.63. The fraction of sp³-hybridized carbons (Fsp3) is 0.389. The predicted octanol–water partition coefficient (Wildman–Crippen LogP) is 1.98. The minimum Gasteiger partial charge on any atom is -0.272 e. The Labute approximate surface area is 143 Å². The van der Waals surface area contributed by atoms with E-state index >= 15 is 0 Å². The largest absolute Gasteiger partial charge is 0.272 e. The van der Waals surface area contributed by atoms with Crippen LogP contribution in [0.25, 0.3) is 0 Å². The van der Waals surface area contributed by atoms with Gasteiger partial charge in [-0.05, 0) is 30.1 Å². The number of hydrogen-bond donors (Lipinski definition) is 0. The van der Waals surface area contributed by atoms with E-state index in [1.54, 1.807) is 12.1 Å². The second kappa shape index (κ2) is 4.84. The molecule has 6 atom stereocenters. The molecule has 1 aromatic carbocycles. The first-order chi connectivity index (χ1) is 12.1. The van der Waals surface area contributed by atoms with Crippen LogP contribution in [-0.2, 0) is 9.59 Å². The minimum absolute atomic E-state index is 0.0565. The molecule has 0 N–H and O–H groups in total. The number of carbonyl (C=O) groups excluding carboxylic acids is 2. The fourth-order valence-corrected chi connectivity index (χ4v) is 4.90. The Balaban J connectivity index is 1.43. The predicted molar refractivity (Wildman–Crippen MR) is 87.2 cm³/mol. The molecule has 6 rings (SSSR count). The number of non-ortho nitro benzene ring substituents is 1. The van der Waals surface area contributed by atoms with Crippen molar-refractivity contribution in [3.05, 3.63) is 52.1 Å². The molecule has 126 valence electrons. The maximum atomic E-state index is 12.7. The third-order valence-corrected chi connectivity index (χ3v) is 6.04. The number of nitro groups is 1. The van der Waals surface area contributed by atoms with E-state index in [9.17, 15) is 19.7 Å². The Hall–Kier alpha value is -2.83. The average molecular weight is 337 g/mol. The van der Waals surface area contributed by atoms with Crippen molar-refractivity contribution in [3.8, 4) is 0 Å². The first kappa shape index (κ1) is 14.5. The van der Waals surface area contributed by atoms with Gasteiger partial charge in [-0.1, -0.05) is 24.3 Å². The monoisotopic (exact) mass is 337 g/mol. The molecule has 1 heterocycles. The molecular weight excluding hydrogens is 322 g/mol. The standard InChI is InChI=1S/C18H15N3O4/c22-17-15-11-4-5-12(14-7-13(11)14)16(15)18(23)20(17)19-8-9-2-1-3-10(6-9)21(24)25/h1-6,8,11-16H,7H2/t11-,12-,13-,14-,15+,16+/m0/s1. The highest BCUT2D eigenvalue weighted by Crippen LogP contribution is 2.65. The van der Waals surface area contributed by atoms with E-state index in [1.807, 2.05) is 0 Å². The van der Waals surface area contributed by atoms with Gasteiger partial charge in [-0.3, -0.25) is 19.7 Å². The van der Waals surface area contributed by atoms with Gasteiger partial charge in [0.05, 0.1) is 23.0 Å². The Morgan fingerprint density at radius 3 is 2.36 bits per heavy atom. The molecule has 0 spiro atoms. The van der Waals surface area contributed by atoms with Crippen LogP contribution in [0, 0.1) is 45.6 Å². The number of nitrogens with zero attached hydrogens (tertiary/aromatic N) is 3. The summed E-state index contributed by atoms with van der Waals surface area (Å²) in [4.78, 5) is 35.8. The first-order valence-electron chi connectivity index (χ1n) is 8.41. The summed E-state index contributed by atoms with van der Waals surface area (Å²) in [6.45, 7) is 0. The van der Waals surface area contributed by atoms with E-state index in [2.05, 4.69) is 17.3 Å². The molecule has 2 saturated carbocycles. The van der Waals surface area contributed by atoms with E-state index in [4.69, 9.17) is 0 Å². The summed E-state index contributed by atoms with van der Waals surface area (Å²) in [5, 5.41) is 15.9. The summed E-state index contributed by atoms with van der Waals surface area (Å²) in [5.41, 5.74) is 0.424. The van der Waals surface area contributed by atoms with Crippen LogP contribution in [0.5, 0.6) is 0 Å². The molecule has 1 saturated heterocycles. The van der Waals surface area contributed by atoms with Crippen molar-refractivity contribution in [2.75, 3.05) is 0 Å². The van der Waals surface area contributed by atoms with Crippen molar-refractivity contribution in [3.63, 3.8) is 0 Å². The van der Waals surface area contributed by atoms with Crippen molar-refractivity contribution >= 4 is 23.7 Å². The number of rotatable bonds is 3.